The second-order valence-corrected chi connectivity index (χ2v) is 4.56. The van der Waals surface area contributed by atoms with Gasteiger partial charge in [0, 0.05) is 25.8 Å². The molecule has 0 aromatic heterocycles. The van der Waals surface area contributed by atoms with E-state index in [1.165, 1.54) is 7.11 Å². The van der Waals surface area contributed by atoms with E-state index >= 15 is 0 Å². The number of hydrogen-bond acceptors (Lipinski definition) is 4. The molecule has 19 heavy (non-hydrogen) atoms. The average molecular weight is 273 g/mol. The molecule has 2 N–H and O–H groups in total. The number of nitrogens with one attached hydrogen (secondary N) is 1. The van der Waals surface area contributed by atoms with Crippen LogP contribution in [0.25, 0.3) is 0 Å². The Balaban J connectivity index is 2.22. The summed E-state index contributed by atoms with van der Waals surface area (Å²) >= 11 is 0. The van der Waals surface area contributed by atoms with Gasteiger partial charge in [0.25, 0.3) is 0 Å². The van der Waals surface area contributed by atoms with Gasteiger partial charge in [0.2, 0.25) is 0 Å². The molecule has 0 spiro atoms. The van der Waals surface area contributed by atoms with Gasteiger partial charge < -0.3 is 19.9 Å². The highest BCUT2D eigenvalue weighted by molar-refractivity contribution is 5.35. The number of methoxy groups -OCH3 is 1. The zero-order valence-corrected chi connectivity index (χ0v) is 10.7. The molecule has 6 heteroatoms. The van der Waals surface area contributed by atoms with Crippen LogP contribution in [0.1, 0.15) is 12.0 Å². The molecule has 0 radical (unpaired) electrons. The molecule has 2 rings (SSSR count). The van der Waals surface area contributed by atoms with E-state index < -0.39 is 17.2 Å². The van der Waals surface area contributed by atoms with Crippen molar-refractivity contribution in [2.45, 2.75) is 12.0 Å². The summed E-state index contributed by atoms with van der Waals surface area (Å²) in [6.45, 7) is 1.21. The molecule has 106 valence electrons. The first-order chi connectivity index (χ1) is 9.07. The van der Waals surface area contributed by atoms with Crippen molar-refractivity contribution in [1.82, 2.24) is 5.32 Å². The Morgan fingerprint density at radius 1 is 1.32 bits per heavy atom. The van der Waals surface area contributed by atoms with Crippen molar-refractivity contribution in [3.63, 3.8) is 0 Å². The van der Waals surface area contributed by atoms with Gasteiger partial charge in [0.05, 0.1) is 12.2 Å². The number of aliphatic hydroxyl groups is 1. The van der Waals surface area contributed by atoms with Gasteiger partial charge in [-0.15, -0.1) is 0 Å². The topological polar surface area (TPSA) is 50.7 Å². The molecular formula is C13H17F2NO3. The van der Waals surface area contributed by atoms with E-state index in [1.54, 1.807) is 0 Å². The molecule has 0 aliphatic carbocycles. The summed E-state index contributed by atoms with van der Waals surface area (Å²) in [5.74, 6) is -1.50. The molecular weight excluding hydrogens is 256 g/mol. The number of halogens is 2. The van der Waals surface area contributed by atoms with Crippen LogP contribution < -0.4 is 10.1 Å². The standard InChI is InChI=1S/C13H17F2NO3/c1-18-4-5-19-9-6-10(14)12(11(15)7-9)13(17)2-3-16-8-13/h6-7,16-17H,2-5,8H2,1H3. The third kappa shape index (κ3) is 3.02. The summed E-state index contributed by atoms with van der Waals surface area (Å²) in [5, 5.41) is 13.1. The lowest BCUT2D eigenvalue weighted by molar-refractivity contribution is 0.0506. The molecule has 1 aliphatic heterocycles. The van der Waals surface area contributed by atoms with Crippen LogP contribution in [0.2, 0.25) is 0 Å². The summed E-state index contributed by atoms with van der Waals surface area (Å²) < 4.78 is 37.9. The van der Waals surface area contributed by atoms with Gasteiger partial charge >= 0.3 is 0 Å². The highest BCUT2D eigenvalue weighted by Crippen LogP contribution is 2.33. The molecule has 0 bridgehead atoms. The van der Waals surface area contributed by atoms with E-state index in [2.05, 4.69) is 5.32 Å². The normalized spacial score (nSPS) is 22.7. The Morgan fingerprint density at radius 3 is 2.53 bits per heavy atom. The highest BCUT2D eigenvalue weighted by Gasteiger charge is 2.38. The maximum atomic E-state index is 14.0. The lowest BCUT2D eigenvalue weighted by Gasteiger charge is -2.23. The Labute approximate surface area is 110 Å². The molecule has 4 nitrogen and oxygen atoms in total. The maximum Gasteiger partial charge on any atom is 0.135 e. The van der Waals surface area contributed by atoms with E-state index in [9.17, 15) is 13.9 Å². The fraction of sp³-hybridized carbons (Fsp3) is 0.538. The van der Waals surface area contributed by atoms with Crippen molar-refractivity contribution in [1.29, 1.82) is 0 Å². The average Bonchev–Trinajstić information content (AvgIpc) is 2.76. The van der Waals surface area contributed by atoms with E-state index in [0.29, 0.717) is 13.2 Å². The van der Waals surface area contributed by atoms with Crippen LogP contribution in [-0.2, 0) is 10.3 Å². The van der Waals surface area contributed by atoms with Crippen LogP contribution in [0.5, 0.6) is 5.75 Å². The summed E-state index contributed by atoms with van der Waals surface area (Å²) in [7, 11) is 1.51. The van der Waals surface area contributed by atoms with Crippen molar-refractivity contribution in [2.24, 2.45) is 0 Å². The van der Waals surface area contributed by atoms with Gasteiger partial charge in [0.15, 0.2) is 0 Å². The molecule has 0 amide bonds. The Bertz CT molecular complexity index is 425. The molecule has 1 aromatic carbocycles. The summed E-state index contributed by atoms with van der Waals surface area (Å²) in [5.41, 5.74) is -1.78. The van der Waals surface area contributed by atoms with E-state index in [1.807, 2.05) is 0 Å². The first-order valence-corrected chi connectivity index (χ1v) is 6.11. The predicted molar refractivity (Wildman–Crippen MR) is 65.1 cm³/mol. The van der Waals surface area contributed by atoms with Crippen molar-refractivity contribution < 1.29 is 23.4 Å². The van der Waals surface area contributed by atoms with Gasteiger partial charge in [-0.1, -0.05) is 0 Å². The van der Waals surface area contributed by atoms with Crippen LogP contribution in [0.15, 0.2) is 12.1 Å². The molecule has 0 saturated carbocycles. The first-order valence-electron chi connectivity index (χ1n) is 6.11. The lowest BCUT2D eigenvalue weighted by atomic mass is 9.92. The number of hydrogen-bond donors (Lipinski definition) is 2. The number of rotatable bonds is 5. The van der Waals surface area contributed by atoms with Crippen LogP contribution in [-0.4, -0.2) is 38.5 Å². The van der Waals surface area contributed by atoms with E-state index in [-0.39, 0.29) is 30.9 Å². The van der Waals surface area contributed by atoms with Crippen molar-refractivity contribution in [3.05, 3.63) is 29.3 Å². The van der Waals surface area contributed by atoms with Gasteiger partial charge in [-0.3, -0.25) is 0 Å². The predicted octanol–water partition coefficient (Wildman–Crippen LogP) is 1.17. The summed E-state index contributed by atoms with van der Waals surface area (Å²) in [6.07, 6.45) is 0.282. The largest absolute Gasteiger partial charge is 0.491 e. The van der Waals surface area contributed by atoms with Crippen molar-refractivity contribution in [3.8, 4) is 5.75 Å². The quantitative estimate of drug-likeness (QED) is 0.791. The second kappa shape index (κ2) is 5.81. The SMILES string of the molecule is COCCOc1cc(F)c(C2(O)CCNC2)c(F)c1. The molecule has 1 heterocycles. The zero-order valence-electron chi connectivity index (χ0n) is 10.7. The molecule has 1 saturated heterocycles. The van der Waals surface area contributed by atoms with E-state index in [4.69, 9.17) is 9.47 Å². The van der Waals surface area contributed by atoms with Gasteiger partial charge in [-0.25, -0.2) is 8.78 Å². The van der Waals surface area contributed by atoms with Crippen molar-refractivity contribution in [2.75, 3.05) is 33.4 Å². The highest BCUT2D eigenvalue weighted by atomic mass is 19.1. The van der Waals surface area contributed by atoms with E-state index in [0.717, 1.165) is 12.1 Å². The van der Waals surface area contributed by atoms with Crippen molar-refractivity contribution >= 4 is 0 Å². The lowest BCUT2D eigenvalue weighted by Crippen LogP contribution is -2.30. The van der Waals surface area contributed by atoms with Crippen LogP contribution in [0, 0.1) is 11.6 Å². The third-order valence-corrected chi connectivity index (χ3v) is 3.17. The Kier molecular flexibility index (Phi) is 4.34. The molecule has 1 unspecified atom stereocenters. The second-order valence-electron chi connectivity index (χ2n) is 4.56. The zero-order chi connectivity index (χ0) is 13.9. The number of benzene rings is 1. The number of ether oxygens (including phenoxy) is 2. The minimum atomic E-state index is -1.49. The van der Waals surface area contributed by atoms with Gasteiger partial charge in [0.1, 0.15) is 29.6 Å². The van der Waals surface area contributed by atoms with Gasteiger partial charge in [-0.2, -0.15) is 0 Å². The third-order valence-electron chi connectivity index (χ3n) is 3.17. The number of β-amino-alcohol motifs (C(OH)–C–C–N with tert-alkyl or cyclic N) is 1. The van der Waals surface area contributed by atoms with Crippen LogP contribution in [0.3, 0.4) is 0 Å². The fourth-order valence-electron chi connectivity index (χ4n) is 2.21. The first kappa shape index (κ1) is 14.2. The Morgan fingerprint density at radius 2 is 2.00 bits per heavy atom. The smallest absolute Gasteiger partial charge is 0.135 e. The molecule has 1 atom stereocenters. The maximum absolute atomic E-state index is 14.0. The Hall–Kier alpha value is -1.24. The summed E-state index contributed by atoms with van der Waals surface area (Å²) in [4.78, 5) is 0. The van der Waals surface area contributed by atoms with Crippen LogP contribution >= 0.6 is 0 Å². The molecule has 1 fully saturated rings. The minimum Gasteiger partial charge on any atom is -0.491 e. The van der Waals surface area contributed by atoms with Gasteiger partial charge in [-0.05, 0) is 13.0 Å². The fourth-order valence-corrected chi connectivity index (χ4v) is 2.21. The summed E-state index contributed by atoms with van der Waals surface area (Å²) in [6, 6.07) is 2.18. The van der Waals surface area contributed by atoms with Crippen LogP contribution in [0.4, 0.5) is 8.78 Å². The minimum absolute atomic E-state index is 0.0883. The monoisotopic (exact) mass is 273 g/mol. The molecule has 1 aromatic rings. The molecule has 1 aliphatic rings.